The highest BCUT2D eigenvalue weighted by atomic mass is 35.5. The number of rotatable bonds is 2. The van der Waals surface area contributed by atoms with Gasteiger partial charge < -0.3 is 5.32 Å². The smallest absolute Gasteiger partial charge is 0.126 e. The Hall–Kier alpha value is -0.760. The molecule has 0 saturated heterocycles. The van der Waals surface area contributed by atoms with Gasteiger partial charge >= 0.3 is 0 Å². The van der Waals surface area contributed by atoms with Crippen LogP contribution in [0.5, 0.6) is 0 Å². The van der Waals surface area contributed by atoms with E-state index in [0.29, 0.717) is 11.1 Å². The lowest BCUT2D eigenvalue weighted by Gasteiger charge is -2.16. The maximum atomic E-state index is 5.81. The van der Waals surface area contributed by atoms with E-state index in [0.717, 1.165) is 11.7 Å². The van der Waals surface area contributed by atoms with Gasteiger partial charge in [0.15, 0.2) is 0 Å². The van der Waals surface area contributed by atoms with Crippen molar-refractivity contribution in [2.45, 2.75) is 45.1 Å². The van der Waals surface area contributed by atoms with Gasteiger partial charge in [-0.2, -0.15) is 0 Å². The van der Waals surface area contributed by atoms with Crippen molar-refractivity contribution in [2.24, 2.45) is 5.92 Å². The van der Waals surface area contributed by atoms with E-state index in [1.807, 2.05) is 12.1 Å². The molecule has 0 spiro atoms. The first-order valence-corrected chi connectivity index (χ1v) is 6.50. The van der Waals surface area contributed by atoms with Gasteiger partial charge in [-0.15, -0.1) is 0 Å². The van der Waals surface area contributed by atoms with Crippen molar-refractivity contribution >= 4 is 17.4 Å². The number of anilines is 1. The third-order valence-electron chi connectivity index (χ3n) is 3.34. The average molecular weight is 239 g/mol. The molecule has 0 amide bonds. The Morgan fingerprint density at radius 2 is 2.12 bits per heavy atom. The summed E-state index contributed by atoms with van der Waals surface area (Å²) < 4.78 is 0. The van der Waals surface area contributed by atoms with E-state index >= 15 is 0 Å². The molecule has 0 radical (unpaired) electrons. The van der Waals surface area contributed by atoms with Crippen molar-refractivity contribution in [2.75, 3.05) is 5.32 Å². The normalized spacial score (nSPS) is 26.1. The van der Waals surface area contributed by atoms with Crippen molar-refractivity contribution < 1.29 is 0 Å². The number of halogens is 1. The van der Waals surface area contributed by atoms with Crippen LogP contribution in [0.2, 0.25) is 5.02 Å². The van der Waals surface area contributed by atoms with E-state index in [2.05, 4.69) is 17.2 Å². The second-order valence-electron chi connectivity index (χ2n) is 4.82. The van der Waals surface area contributed by atoms with Gasteiger partial charge in [0, 0.05) is 12.2 Å². The van der Waals surface area contributed by atoms with E-state index in [1.54, 1.807) is 6.20 Å². The van der Waals surface area contributed by atoms with Crippen LogP contribution in [0.4, 0.5) is 5.82 Å². The second-order valence-corrected chi connectivity index (χ2v) is 5.25. The zero-order valence-electron chi connectivity index (χ0n) is 9.75. The highest BCUT2D eigenvalue weighted by Crippen LogP contribution is 2.24. The number of hydrogen-bond acceptors (Lipinski definition) is 2. The Morgan fingerprint density at radius 1 is 1.25 bits per heavy atom. The molecule has 1 heterocycles. The SMILES string of the molecule is CC1CCCC(Nc2ccc(Cl)cn2)CC1. The van der Waals surface area contributed by atoms with Crippen LogP contribution in [0.1, 0.15) is 39.0 Å². The maximum absolute atomic E-state index is 5.81. The number of aromatic nitrogens is 1. The van der Waals surface area contributed by atoms with Crippen LogP contribution in [-0.2, 0) is 0 Å². The van der Waals surface area contributed by atoms with Crippen LogP contribution in [0.25, 0.3) is 0 Å². The first-order valence-electron chi connectivity index (χ1n) is 6.12. The summed E-state index contributed by atoms with van der Waals surface area (Å²) in [5, 5.41) is 4.19. The maximum Gasteiger partial charge on any atom is 0.126 e. The molecule has 2 atom stereocenters. The summed E-state index contributed by atoms with van der Waals surface area (Å²) in [4.78, 5) is 4.28. The third-order valence-corrected chi connectivity index (χ3v) is 3.56. The first-order chi connectivity index (χ1) is 7.74. The largest absolute Gasteiger partial charge is 0.367 e. The van der Waals surface area contributed by atoms with Crippen molar-refractivity contribution in [3.05, 3.63) is 23.4 Å². The van der Waals surface area contributed by atoms with Crippen molar-refractivity contribution in [3.8, 4) is 0 Å². The van der Waals surface area contributed by atoms with Crippen LogP contribution < -0.4 is 5.32 Å². The lowest BCUT2D eigenvalue weighted by molar-refractivity contribution is 0.502. The molecule has 16 heavy (non-hydrogen) atoms. The zero-order valence-corrected chi connectivity index (χ0v) is 10.5. The molecule has 1 aromatic heterocycles. The highest BCUT2D eigenvalue weighted by molar-refractivity contribution is 6.30. The van der Waals surface area contributed by atoms with Crippen LogP contribution in [0.3, 0.4) is 0 Å². The molecule has 1 fully saturated rings. The molecule has 2 nitrogen and oxygen atoms in total. The molecule has 1 aromatic rings. The molecular formula is C13H19ClN2. The summed E-state index contributed by atoms with van der Waals surface area (Å²) in [6.45, 7) is 2.35. The van der Waals surface area contributed by atoms with E-state index in [1.165, 1.54) is 32.1 Å². The number of nitrogens with zero attached hydrogens (tertiary/aromatic N) is 1. The van der Waals surface area contributed by atoms with Crippen LogP contribution in [-0.4, -0.2) is 11.0 Å². The summed E-state index contributed by atoms with van der Waals surface area (Å²) >= 11 is 5.81. The minimum Gasteiger partial charge on any atom is -0.367 e. The standard InChI is InChI=1S/C13H19ClN2/c1-10-3-2-4-12(7-5-10)16-13-8-6-11(14)9-15-13/h6,8-10,12H,2-5,7H2,1H3,(H,15,16). The fraction of sp³-hybridized carbons (Fsp3) is 0.615. The average Bonchev–Trinajstić information content (AvgIpc) is 2.47. The number of pyridine rings is 1. The number of nitrogens with one attached hydrogen (secondary N) is 1. The van der Waals surface area contributed by atoms with Gasteiger partial charge in [-0.3, -0.25) is 0 Å². The van der Waals surface area contributed by atoms with Gasteiger partial charge in [-0.1, -0.05) is 31.4 Å². The van der Waals surface area contributed by atoms with Gasteiger partial charge in [0.05, 0.1) is 5.02 Å². The van der Waals surface area contributed by atoms with Gasteiger partial charge in [0.1, 0.15) is 5.82 Å². The quantitative estimate of drug-likeness (QED) is 0.785. The molecule has 1 N–H and O–H groups in total. The Balaban J connectivity index is 1.91. The van der Waals surface area contributed by atoms with Gasteiger partial charge in [-0.25, -0.2) is 4.98 Å². The highest BCUT2D eigenvalue weighted by Gasteiger charge is 2.15. The Bertz CT molecular complexity index is 323. The molecule has 0 bridgehead atoms. The molecule has 1 saturated carbocycles. The summed E-state index contributed by atoms with van der Waals surface area (Å²) in [7, 11) is 0. The lowest BCUT2D eigenvalue weighted by atomic mass is 10.0. The van der Waals surface area contributed by atoms with Crippen LogP contribution in [0.15, 0.2) is 18.3 Å². The first kappa shape index (κ1) is 11.7. The molecule has 2 rings (SSSR count). The van der Waals surface area contributed by atoms with Crippen molar-refractivity contribution in [3.63, 3.8) is 0 Å². The summed E-state index contributed by atoms with van der Waals surface area (Å²) in [5.41, 5.74) is 0. The third kappa shape index (κ3) is 3.38. The molecule has 3 heteroatoms. The Labute approximate surface area is 102 Å². The van der Waals surface area contributed by atoms with E-state index in [-0.39, 0.29) is 0 Å². The zero-order chi connectivity index (χ0) is 11.4. The molecule has 88 valence electrons. The van der Waals surface area contributed by atoms with Crippen molar-refractivity contribution in [1.82, 2.24) is 4.98 Å². The van der Waals surface area contributed by atoms with Gasteiger partial charge in [0.2, 0.25) is 0 Å². The lowest BCUT2D eigenvalue weighted by Crippen LogP contribution is -2.19. The molecule has 1 aliphatic rings. The fourth-order valence-corrected chi connectivity index (χ4v) is 2.41. The summed E-state index contributed by atoms with van der Waals surface area (Å²) in [5.74, 6) is 1.83. The summed E-state index contributed by atoms with van der Waals surface area (Å²) in [6, 6.07) is 4.42. The summed E-state index contributed by atoms with van der Waals surface area (Å²) in [6.07, 6.45) is 8.23. The number of hydrogen-bond donors (Lipinski definition) is 1. The van der Waals surface area contributed by atoms with Gasteiger partial charge in [0.25, 0.3) is 0 Å². The molecule has 1 aliphatic carbocycles. The molecule has 2 unspecified atom stereocenters. The van der Waals surface area contributed by atoms with Gasteiger partial charge in [-0.05, 0) is 37.3 Å². The molecule has 0 aliphatic heterocycles. The van der Waals surface area contributed by atoms with E-state index < -0.39 is 0 Å². The van der Waals surface area contributed by atoms with Crippen LogP contribution in [0, 0.1) is 5.92 Å². The van der Waals surface area contributed by atoms with E-state index in [4.69, 9.17) is 11.6 Å². The topological polar surface area (TPSA) is 24.9 Å². The fourth-order valence-electron chi connectivity index (χ4n) is 2.30. The van der Waals surface area contributed by atoms with Crippen LogP contribution >= 0.6 is 11.6 Å². The predicted octanol–water partition coefficient (Wildman–Crippen LogP) is 4.12. The minimum absolute atomic E-state index is 0.582. The Morgan fingerprint density at radius 3 is 2.88 bits per heavy atom. The van der Waals surface area contributed by atoms with E-state index in [9.17, 15) is 0 Å². The second kappa shape index (κ2) is 5.53. The monoisotopic (exact) mass is 238 g/mol. The minimum atomic E-state index is 0.582. The van der Waals surface area contributed by atoms with Crippen molar-refractivity contribution in [1.29, 1.82) is 0 Å². The Kier molecular flexibility index (Phi) is 4.05. The molecule has 0 aromatic carbocycles. The molecular weight excluding hydrogens is 220 g/mol. The predicted molar refractivity (Wildman–Crippen MR) is 68.9 cm³/mol.